The highest BCUT2D eigenvalue weighted by Gasteiger charge is 2.13. The van der Waals surface area contributed by atoms with Gasteiger partial charge in [-0.25, -0.2) is 9.97 Å². The van der Waals surface area contributed by atoms with Crippen LogP contribution in [0.25, 0.3) is 56.1 Å². The Hall–Kier alpha value is -4.64. The van der Waals surface area contributed by atoms with E-state index >= 15 is 0 Å². The number of benzene rings is 4. The second-order valence-electron chi connectivity index (χ2n) is 8.06. The second-order valence-corrected chi connectivity index (χ2v) is 8.06. The lowest BCUT2D eigenvalue weighted by atomic mass is 9.99. The molecular weight excluding hydrogens is 420 g/mol. The average Bonchev–Trinajstić information content (AvgIpc) is 3.35. The molecule has 0 N–H and O–H groups in total. The van der Waals surface area contributed by atoms with Crippen LogP contribution in [0.1, 0.15) is 5.89 Å². The Balaban J connectivity index is 1.38. The van der Waals surface area contributed by atoms with Crippen LogP contribution in [-0.4, -0.2) is 20.2 Å². The fourth-order valence-electron chi connectivity index (χ4n) is 4.04. The summed E-state index contributed by atoms with van der Waals surface area (Å²) < 4.78 is 5.52. The van der Waals surface area contributed by atoms with Crippen molar-refractivity contribution in [1.82, 2.24) is 20.2 Å². The molecule has 0 spiro atoms. The maximum Gasteiger partial charge on any atom is 0.247 e. The molecule has 162 valence electrons. The van der Waals surface area contributed by atoms with Gasteiger partial charge in [-0.1, -0.05) is 78.9 Å². The maximum atomic E-state index is 5.52. The number of hydrogen-bond acceptors (Lipinski definition) is 5. The summed E-state index contributed by atoms with van der Waals surface area (Å²) in [6.07, 6.45) is 0. The Bertz CT molecular complexity index is 1590. The van der Waals surface area contributed by atoms with Crippen molar-refractivity contribution < 1.29 is 4.42 Å². The molecule has 0 saturated carbocycles. The summed E-state index contributed by atoms with van der Waals surface area (Å²) in [5.74, 6) is 1.09. The molecule has 2 aromatic heterocycles. The van der Waals surface area contributed by atoms with Crippen LogP contribution in [0.15, 0.2) is 108 Å². The third-order valence-electron chi connectivity index (χ3n) is 5.77. The molecule has 0 saturated heterocycles. The molecule has 0 fully saturated rings. The van der Waals surface area contributed by atoms with Crippen LogP contribution in [0.4, 0.5) is 0 Å². The summed E-state index contributed by atoms with van der Waals surface area (Å²) in [5.41, 5.74) is 8.73. The molecule has 5 heteroatoms. The summed E-state index contributed by atoms with van der Waals surface area (Å²) >= 11 is 0. The molecule has 0 aliphatic carbocycles. The number of hydrogen-bond donors (Lipinski definition) is 0. The van der Waals surface area contributed by atoms with Crippen molar-refractivity contribution in [2.24, 2.45) is 0 Å². The van der Waals surface area contributed by atoms with Gasteiger partial charge < -0.3 is 4.42 Å². The summed E-state index contributed by atoms with van der Waals surface area (Å²) in [6.45, 7) is 1.79. The minimum absolute atomic E-state index is 0.530. The topological polar surface area (TPSA) is 64.7 Å². The van der Waals surface area contributed by atoms with Gasteiger partial charge in [-0.15, -0.1) is 10.2 Å². The lowest BCUT2D eigenvalue weighted by molar-refractivity contribution is 0.533. The fourth-order valence-corrected chi connectivity index (χ4v) is 4.04. The van der Waals surface area contributed by atoms with Gasteiger partial charge in [-0.3, -0.25) is 0 Å². The van der Waals surface area contributed by atoms with Gasteiger partial charge in [0.2, 0.25) is 11.8 Å². The van der Waals surface area contributed by atoms with Crippen molar-refractivity contribution in [1.29, 1.82) is 0 Å². The van der Waals surface area contributed by atoms with Gasteiger partial charge in [-0.2, -0.15) is 0 Å². The molecule has 0 atom stereocenters. The first kappa shape index (κ1) is 20.0. The number of rotatable bonds is 4. The molecule has 6 rings (SSSR count). The van der Waals surface area contributed by atoms with Gasteiger partial charge in [0.1, 0.15) is 0 Å². The molecule has 2 heterocycles. The standard InChI is InChI=1S/C29H20N4O/c1-19-32-33-29(34-19)24-17-13-21(14-18-24)20-11-15-23(16-12-20)28-27(22-7-3-2-4-8-22)30-25-9-5-6-10-26(25)31-28/h2-18H,1H3. The molecular formula is C29H20N4O. The maximum absolute atomic E-state index is 5.52. The monoisotopic (exact) mass is 440 g/mol. The molecule has 0 bridgehead atoms. The summed E-state index contributed by atoms with van der Waals surface area (Å²) in [5, 5.41) is 7.99. The lowest BCUT2D eigenvalue weighted by Crippen LogP contribution is -1.95. The van der Waals surface area contributed by atoms with Gasteiger partial charge in [0.25, 0.3) is 0 Å². The van der Waals surface area contributed by atoms with E-state index in [1.54, 1.807) is 6.92 Å². The highest BCUT2D eigenvalue weighted by molar-refractivity contribution is 5.86. The molecule has 0 radical (unpaired) electrons. The van der Waals surface area contributed by atoms with Gasteiger partial charge in [0.05, 0.1) is 22.4 Å². The normalized spacial score (nSPS) is 11.1. The third-order valence-corrected chi connectivity index (χ3v) is 5.77. The minimum atomic E-state index is 0.530. The van der Waals surface area contributed by atoms with Crippen LogP contribution in [0.3, 0.4) is 0 Å². The fraction of sp³-hybridized carbons (Fsp3) is 0.0345. The van der Waals surface area contributed by atoms with Crippen molar-refractivity contribution in [3.8, 4) is 45.1 Å². The Kier molecular flexibility index (Phi) is 4.92. The van der Waals surface area contributed by atoms with Crippen LogP contribution >= 0.6 is 0 Å². The summed E-state index contributed by atoms with van der Waals surface area (Å²) in [6, 6.07) is 34.8. The quantitative estimate of drug-likeness (QED) is 0.296. The summed E-state index contributed by atoms with van der Waals surface area (Å²) in [7, 11) is 0. The van der Waals surface area contributed by atoms with E-state index in [1.165, 1.54) is 0 Å². The van der Waals surface area contributed by atoms with Crippen molar-refractivity contribution in [3.05, 3.63) is 109 Å². The Labute approximate surface area is 196 Å². The largest absolute Gasteiger partial charge is 0.421 e. The number of para-hydroxylation sites is 2. The number of aryl methyl sites for hydroxylation is 1. The van der Waals surface area contributed by atoms with E-state index in [1.807, 2.05) is 54.6 Å². The molecule has 4 aromatic carbocycles. The molecule has 0 amide bonds. The van der Waals surface area contributed by atoms with E-state index < -0.39 is 0 Å². The minimum Gasteiger partial charge on any atom is -0.421 e. The lowest BCUT2D eigenvalue weighted by Gasteiger charge is -2.11. The first-order chi connectivity index (χ1) is 16.7. The van der Waals surface area contributed by atoms with E-state index in [4.69, 9.17) is 14.4 Å². The zero-order valence-electron chi connectivity index (χ0n) is 18.5. The summed E-state index contributed by atoms with van der Waals surface area (Å²) in [4.78, 5) is 9.95. The van der Waals surface area contributed by atoms with E-state index in [2.05, 4.69) is 58.7 Å². The molecule has 0 aliphatic rings. The van der Waals surface area contributed by atoms with E-state index in [-0.39, 0.29) is 0 Å². The highest BCUT2D eigenvalue weighted by Crippen LogP contribution is 2.32. The zero-order chi connectivity index (χ0) is 22.9. The molecule has 6 aromatic rings. The predicted molar refractivity (Wildman–Crippen MR) is 134 cm³/mol. The third kappa shape index (κ3) is 3.73. The van der Waals surface area contributed by atoms with Crippen LogP contribution in [-0.2, 0) is 0 Å². The Morgan fingerprint density at radius 1 is 0.471 bits per heavy atom. The second kappa shape index (κ2) is 8.37. The van der Waals surface area contributed by atoms with Crippen molar-refractivity contribution in [3.63, 3.8) is 0 Å². The first-order valence-corrected chi connectivity index (χ1v) is 11.1. The first-order valence-electron chi connectivity index (χ1n) is 11.1. The Morgan fingerprint density at radius 2 is 0.941 bits per heavy atom. The number of aromatic nitrogens is 4. The number of fused-ring (bicyclic) bond motifs is 1. The van der Waals surface area contributed by atoms with E-state index in [0.717, 1.165) is 50.2 Å². The zero-order valence-corrected chi connectivity index (χ0v) is 18.5. The molecule has 0 aliphatic heterocycles. The van der Waals surface area contributed by atoms with Gasteiger partial charge in [0.15, 0.2) is 0 Å². The van der Waals surface area contributed by atoms with Crippen LogP contribution < -0.4 is 0 Å². The van der Waals surface area contributed by atoms with Crippen molar-refractivity contribution in [2.75, 3.05) is 0 Å². The van der Waals surface area contributed by atoms with E-state index in [0.29, 0.717) is 11.8 Å². The van der Waals surface area contributed by atoms with Gasteiger partial charge in [-0.05, 0) is 35.4 Å². The predicted octanol–water partition coefficient (Wildman–Crippen LogP) is 6.99. The SMILES string of the molecule is Cc1nnc(-c2ccc(-c3ccc(-c4nc5ccccc5nc4-c4ccccc4)cc3)cc2)o1. The smallest absolute Gasteiger partial charge is 0.247 e. The average molecular weight is 441 g/mol. The van der Waals surface area contributed by atoms with Gasteiger partial charge >= 0.3 is 0 Å². The number of nitrogens with zero attached hydrogens (tertiary/aromatic N) is 4. The molecule has 0 unspecified atom stereocenters. The van der Waals surface area contributed by atoms with Crippen LogP contribution in [0.2, 0.25) is 0 Å². The van der Waals surface area contributed by atoms with Crippen LogP contribution in [0, 0.1) is 6.92 Å². The molecule has 5 nitrogen and oxygen atoms in total. The highest BCUT2D eigenvalue weighted by atomic mass is 16.4. The van der Waals surface area contributed by atoms with Crippen molar-refractivity contribution >= 4 is 11.0 Å². The van der Waals surface area contributed by atoms with Crippen LogP contribution in [0.5, 0.6) is 0 Å². The van der Waals surface area contributed by atoms with Gasteiger partial charge in [0, 0.05) is 23.6 Å². The Morgan fingerprint density at radius 3 is 1.47 bits per heavy atom. The molecule has 34 heavy (non-hydrogen) atoms. The van der Waals surface area contributed by atoms with Crippen molar-refractivity contribution in [2.45, 2.75) is 6.92 Å². The van der Waals surface area contributed by atoms with E-state index in [9.17, 15) is 0 Å².